The van der Waals surface area contributed by atoms with Crippen molar-refractivity contribution in [3.8, 4) is 0 Å². The van der Waals surface area contributed by atoms with Gasteiger partial charge in [0.2, 0.25) is 0 Å². The molecule has 3 rings (SSSR count). The van der Waals surface area contributed by atoms with E-state index in [0.29, 0.717) is 23.5 Å². The maximum atomic E-state index is 13.2. The van der Waals surface area contributed by atoms with Crippen molar-refractivity contribution < 1.29 is 40.7 Å². The molecule has 0 fully saturated rings. The summed E-state index contributed by atoms with van der Waals surface area (Å²) < 4.78 is 84.4. The third kappa shape index (κ3) is 6.90. The minimum atomic E-state index is -5.12. The van der Waals surface area contributed by atoms with Gasteiger partial charge in [-0.3, -0.25) is 4.79 Å². The molecule has 0 atom stereocenters. The fourth-order valence-corrected chi connectivity index (χ4v) is 3.71. The van der Waals surface area contributed by atoms with E-state index in [9.17, 15) is 35.9 Å². The fraction of sp³-hybridized carbons (Fsp3) is 0.259. The highest BCUT2D eigenvalue weighted by atomic mass is 19.4. The number of hydrogen-bond donors (Lipinski definition) is 0. The lowest BCUT2D eigenvalue weighted by molar-refractivity contribution is -0.143. The van der Waals surface area contributed by atoms with Crippen LogP contribution in [-0.2, 0) is 28.3 Å². The normalized spacial score (nSPS) is 12.5. The van der Waals surface area contributed by atoms with Crippen molar-refractivity contribution in [3.63, 3.8) is 0 Å². The number of amides is 1. The maximum Gasteiger partial charge on any atom is 0.416 e. The van der Waals surface area contributed by atoms with Crippen molar-refractivity contribution in [2.45, 2.75) is 32.1 Å². The molecule has 0 saturated heterocycles. The van der Waals surface area contributed by atoms with Gasteiger partial charge >= 0.3 is 18.3 Å². The van der Waals surface area contributed by atoms with Gasteiger partial charge in [0.15, 0.2) is 0 Å². The predicted molar refractivity (Wildman–Crippen MR) is 126 cm³/mol. The summed E-state index contributed by atoms with van der Waals surface area (Å²) in [6.45, 7) is 1.47. The summed E-state index contributed by atoms with van der Waals surface area (Å²) >= 11 is 0. The Bertz CT molecular complexity index is 1300. The zero-order valence-electron chi connectivity index (χ0n) is 19.9. The topological polar surface area (TPSA) is 46.6 Å². The third-order valence-corrected chi connectivity index (χ3v) is 5.57. The molecule has 0 aromatic heterocycles. The van der Waals surface area contributed by atoms with E-state index in [1.807, 2.05) is 42.5 Å². The molecular formula is C27H23F6NO3. The lowest BCUT2D eigenvalue weighted by Gasteiger charge is -2.21. The zero-order chi connectivity index (χ0) is 27.4. The first-order valence-electron chi connectivity index (χ1n) is 11.2. The second-order valence-corrected chi connectivity index (χ2v) is 8.19. The van der Waals surface area contributed by atoms with Gasteiger partial charge in [0.25, 0.3) is 5.91 Å². The van der Waals surface area contributed by atoms with Crippen molar-refractivity contribution in [1.29, 1.82) is 0 Å². The Morgan fingerprint density at radius 2 is 1.46 bits per heavy atom. The lowest BCUT2D eigenvalue weighted by atomic mass is 10.0. The molecule has 0 unspecified atom stereocenters. The quantitative estimate of drug-likeness (QED) is 0.190. The van der Waals surface area contributed by atoms with Crippen LogP contribution < -0.4 is 0 Å². The van der Waals surface area contributed by atoms with Gasteiger partial charge in [0, 0.05) is 12.6 Å². The number of likely N-dealkylation sites (N-methyl/N-ethyl adjacent to an activating group) is 1. The number of rotatable bonds is 7. The summed E-state index contributed by atoms with van der Waals surface area (Å²) in [4.78, 5) is 26.2. The highest BCUT2D eigenvalue weighted by Gasteiger charge is 2.38. The van der Waals surface area contributed by atoms with Crippen molar-refractivity contribution in [2.75, 3.05) is 13.7 Å². The van der Waals surface area contributed by atoms with E-state index >= 15 is 0 Å². The Kier molecular flexibility index (Phi) is 8.30. The molecule has 37 heavy (non-hydrogen) atoms. The Morgan fingerprint density at radius 3 is 2.03 bits per heavy atom. The highest BCUT2D eigenvalue weighted by molar-refractivity contribution is 6.01. The van der Waals surface area contributed by atoms with E-state index in [1.54, 1.807) is 0 Å². The largest absolute Gasteiger partial charge is 0.461 e. The van der Waals surface area contributed by atoms with Gasteiger partial charge in [0.05, 0.1) is 17.7 Å². The van der Waals surface area contributed by atoms with Crippen LogP contribution in [-0.4, -0.2) is 30.4 Å². The standard InChI is InChI=1S/C27H23F6NO3/c1-3-37-25(36)23(10-6-7-17-11-12-18-8-4-5-9-19(18)13-17)34(2)24(35)20-14-21(26(28,29)30)16-22(15-20)27(31,32)33/h4-5,8-16H,3,6-7H2,1-2H3. The summed E-state index contributed by atoms with van der Waals surface area (Å²) in [5.74, 6) is -2.15. The molecule has 0 aliphatic rings. The van der Waals surface area contributed by atoms with Crippen molar-refractivity contribution in [3.05, 3.63) is 94.7 Å². The minimum absolute atomic E-state index is 0.0509. The number of carbonyl (C=O) groups excluding carboxylic acids is 2. The van der Waals surface area contributed by atoms with E-state index in [4.69, 9.17) is 4.74 Å². The average Bonchev–Trinajstić information content (AvgIpc) is 2.84. The maximum absolute atomic E-state index is 13.2. The number of fused-ring (bicyclic) bond motifs is 1. The molecule has 10 heteroatoms. The van der Waals surface area contributed by atoms with E-state index in [-0.39, 0.29) is 24.8 Å². The van der Waals surface area contributed by atoms with E-state index in [1.165, 1.54) is 13.0 Å². The number of allylic oxidation sites excluding steroid dienone is 1. The van der Waals surface area contributed by atoms with Gasteiger partial charge < -0.3 is 9.64 Å². The number of carbonyl (C=O) groups is 2. The monoisotopic (exact) mass is 523 g/mol. The molecule has 0 radical (unpaired) electrons. The van der Waals surface area contributed by atoms with Crippen LogP contribution in [0.4, 0.5) is 26.3 Å². The number of hydrogen-bond acceptors (Lipinski definition) is 3. The molecule has 0 heterocycles. The summed E-state index contributed by atoms with van der Waals surface area (Å²) in [5, 5.41) is 2.05. The number of nitrogens with zero attached hydrogens (tertiary/aromatic N) is 1. The van der Waals surface area contributed by atoms with Gasteiger partial charge in [0.1, 0.15) is 5.70 Å². The number of benzene rings is 3. The number of aryl methyl sites for hydroxylation is 1. The van der Waals surface area contributed by atoms with Crippen LogP contribution in [0.1, 0.15) is 40.4 Å². The molecule has 0 spiro atoms. The Labute approximate surface area is 209 Å². The van der Waals surface area contributed by atoms with Crippen LogP contribution in [0.2, 0.25) is 0 Å². The fourth-order valence-electron chi connectivity index (χ4n) is 3.71. The Hall–Kier alpha value is -3.82. The van der Waals surface area contributed by atoms with Crippen LogP contribution >= 0.6 is 0 Å². The second kappa shape index (κ2) is 11.1. The average molecular weight is 523 g/mol. The van der Waals surface area contributed by atoms with E-state index in [0.717, 1.165) is 23.4 Å². The molecule has 196 valence electrons. The van der Waals surface area contributed by atoms with Crippen molar-refractivity contribution in [1.82, 2.24) is 4.90 Å². The molecule has 3 aromatic rings. The molecule has 0 aliphatic heterocycles. The lowest BCUT2D eigenvalue weighted by Crippen LogP contribution is -2.31. The molecule has 1 amide bonds. The first kappa shape index (κ1) is 27.8. The number of ether oxygens (including phenoxy) is 1. The van der Waals surface area contributed by atoms with Crippen molar-refractivity contribution in [2.24, 2.45) is 0 Å². The van der Waals surface area contributed by atoms with Crippen LogP contribution in [0.3, 0.4) is 0 Å². The van der Waals surface area contributed by atoms with Crippen LogP contribution in [0.5, 0.6) is 0 Å². The zero-order valence-corrected chi connectivity index (χ0v) is 19.9. The molecule has 0 aliphatic carbocycles. The molecule has 0 bridgehead atoms. The second-order valence-electron chi connectivity index (χ2n) is 8.19. The Morgan fingerprint density at radius 1 is 0.865 bits per heavy atom. The minimum Gasteiger partial charge on any atom is -0.461 e. The summed E-state index contributed by atoms with van der Waals surface area (Å²) in [6.07, 6.45) is -8.15. The van der Waals surface area contributed by atoms with Crippen LogP contribution in [0, 0.1) is 0 Å². The first-order chi connectivity index (χ1) is 17.3. The summed E-state index contributed by atoms with van der Waals surface area (Å²) in [7, 11) is 1.09. The summed E-state index contributed by atoms with van der Waals surface area (Å²) in [5.41, 5.74) is -3.48. The molecule has 0 saturated carbocycles. The SMILES string of the molecule is CCOC(=O)C(=CCCc1ccc2ccccc2c1)N(C)C(=O)c1cc(C(F)(F)F)cc(C(F)(F)F)c1. The van der Waals surface area contributed by atoms with Gasteiger partial charge in [-0.1, -0.05) is 48.5 Å². The molecule has 4 nitrogen and oxygen atoms in total. The van der Waals surface area contributed by atoms with Crippen molar-refractivity contribution >= 4 is 22.6 Å². The van der Waals surface area contributed by atoms with Crippen LogP contribution in [0.15, 0.2) is 72.4 Å². The van der Waals surface area contributed by atoms with E-state index in [2.05, 4.69) is 0 Å². The highest BCUT2D eigenvalue weighted by Crippen LogP contribution is 2.36. The van der Waals surface area contributed by atoms with Gasteiger partial charge in [-0.2, -0.15) is 26.3 Å². The van der Waals surface area contributed by atoms with Gasteiger partial charge in [-0.15, -0.1) is 0 Å². The van der Waals surface area contributed by atoms with Gasteiger partial charge in [-0.25, -0.2) is 4.79 Å². The number of alkyl halides is 6. The molecule has 3 aromatic carbocycles. The summed E-state index contributed by atoms with van der Waals surface area (Å²) in [6, 6.07) is 14.1. The Balaban J connectivity index is 1.91. The number of halogens is 6. The first-order valence-corrected chi connectivity index (χ1v) is 11.2. The van der Waals surface area contributed by atoms with Crippen LogP contribution in [0.25, 0.3) is 10.8 Å². The number of esters is 1. The molecule has 0 N–H and O–H groups in total. The smallest absolute Gasteiger partial charge is 0.416 e. The van der Waals surface area contributed by atoms with E-state index < -0.39 is 40.9 Å². The third-order valence-electron chi connectivity index (χ3n) is 5.57. The predicted octanol–water partition coefficient (Wildman–Crippen LogP) is 7.03. The van der Waals surface area contributed by atoms with Gasteiger partial charge in [-0.05, 0) is 54.3 Å². The molecular weight excluding hydrogens is 500 g/mol.